The van der Waals surface area contributed by atoms with Crippen molar-refractivity contribution in [1.29, 1.82) is 0 Å². The van der Waals surface area contributed by atoms with Gasteiger partial charge in [-0.05, 0) is 50.1 Å². The van der Waals surface area contributed by atoms with Crippen LogP contribution in [0.4, 0.5) is 0 Å². The molecule has 0 bridgehead atoms. The van der Waals surface area contributed by atoms with Crippen LogP contribution in [0.15, 0.2) is 0 Å². The molecule has 0 aliphatic carbocycles. The SMILES string of the molecule is CCC(=O)N1CCC2(CCN(CC(C)CC)CC2)CC1. The summed E-state index contributed by atoms with van der Waals surface area (Å²) in [5.41, 5.74) is 0.552. The predicted molar refractivity (Wildman–Crippen MR) is 83.7 cm³/mol. The van der Waals surface area contributed by atoms with Gasteiger partial charge in [-0.25, -0.2) is 0 Å². The minimum atomic E-state index is 0.342. The molecule has 2 saturated heterocycles. The van der Waals surface area contributed by atoms with Gasteiger partial charge < -0.3 is 9.80 Å². The quantitative estimate of drug-likeness (QED) is 0.790. The maximum atomic E-state index is 11.8. The van der Waals surface area contributed by atoms with Crippen LogP contribution in [0.5, 0.6) is 0 Å². The Bertz CT molecular complexity index is 311. The monoisotopic (exact) mass is 280 g/mol. The van der Waals surface area contributed by atoms with Crippen LogP contribution in [-0.4, -0.2) is 48.4 Å². The van der Waals surface area contributed by atoms with E-state index in [4.69, 9.17) is 0 Å². The van der Waals surface area contributed by atoms with Crippen LogP contribution in [0.25, 0.3) is 0 Å². The fourth-order valence-corrected chi connectivity index (χ4v) is 3.73. The third kappa shape index (κ3) is 3.75. The summed E-state index contributed by atoms with van der Waals surface area (Å²) in [6, 6.07) is 0. The molecule has 1 spiro atoms. The molecule has 3 heteroatoms. The van der Waals surface area contributed by atoms with Crippen LogP contribution in [0.2, 0.25) is 0 Å². The molecular weight excluding hydrogens is 248 g/mol. The molecule has 0 N–H and O–H groups in total. The van der Waals surface area contributed by atoms with E-state index in [0.717, 1.165) is 19.0 Å². The molecule has 2 heterocycles. The number of carbonyl (C=O) groups is 1. The van der Waals surface area contributed by atoms with E-state index in [0.29, 0.717) is 17.7 Å². The first-order chi connectivity index (χ1) is 9.58. The molecule has 2 fully saturated rings. The largest absolute Gasteiger partial charge is 0.343 e. The Morgan fingerprint density at radius 1 is 1.05 bits per heavy atom. The predicted octanol–water partition coefficient (Wildman–Crippen LogP) is 3.15. The minimum Gasteiger partial charge on any atom is -0.343 e. The van der Waals surface area contributed by atoms with Gasteiger partial charge in [0.2, 0.25) is 5.91 Å². The van der Waals surface area contributed by atoms with Crippen LogP contribution in [-0.2, 0) is 4.79 Å². The fourth-order valence-electron chi connectivity index (χ4n) is 3.73. The minimum absolute atomic E-state index is 0.342. The van der Waals surface area contributed by atoms with Gasteiger partial charge in [-0.15, -0.1) is 0 Å². The maximum Gasteiger partial charge on any atom is 0.222 e. The number of hydrogen-bond acceptors (Lipinski definition) is 2. The van der Waals surface area contributed by atoms with Crippen LogP contribution < -0.4 is 0 Å². The highest BCUT2D eigenvalue weighted by molar-refractivity contribution is 5.75. The van der Waals surface area contributed by atoms with Gasteiger partial charge in [0, 0.05) is 26.1 Å². The van der Waals surface area contributed by atoms with E-state index in [-0.39, 0.29) is 0 Å². The van der Waals surface area contributed by atoms with Crippen molar-refractivity contribution in [2.45, 2.75) is 59.3 Å². The lowest BCUT2D eigenvalue weighted by atomic mass is 9.71. The van der Waals surface area contributed by atoms with E-state index in [9.17, 15) is 4.79 Å². The second-order valence-electron chi connectivity index (χ2n) is 7.05. The zero-order chi connectivity index (χ0) is 14.6. The van der Waals surface area contributed by atoms with Crippen molar-refractivity contribution in [2.75, 3.05) is 32.7 Å². The first kappa shape index (κ1) is 15.8. The topological polar surface area (TPSA) is 23.6 Å². The van der Waals surface area contributed by atoms with Crippen molar-refractivity contribution in [2.24, 2.45) is 11.3 Å². The Balaban J connectivity index is 1.78. The van der Waals surface area contributed by atoms with E-state index in [1.54, 1.807) is 0 Å². The van der Waals surface area contributed by atoms with Gasteiger partial charge in [0.15, 0.2) is 0 Å². The Labute approximate surface area is 124 Å². The molecule has 116 valence electrons. The normalized spacial score (nSPS) is 24.9. The Morgan fingerprint density at radius 3 is 2.10 bits per heavy atom. The van der Waals surface area contributed by atoms with Crippen molar-refractivity contribution >= 4 is 5.91 Å². The highest BCUT2D eigenvalue weighted by Gasteiger charge is 2.38. The zero-order valence-electron chi connectivity index (χ0n) is 13.7. The van der Waals surface area contributed by atoms with E-state index in [1.807, 2.05) is 6.92 Å². The lowest BCUT2D eigenvalue weighted by Gasteiger charge is -2.47. The van der Waals surface area contributed by atoms with Crippen molar-refractivity contribution in [3.8, 4) is 0 Å². The van der Waals surface area contributed by atoms with E-state index < -0.39 is 0 Å². The summed E-state index contributed by atoms with van der Waals surface area (Å²) in [6.45, 7) is 12.4. The molecule has 20 heavy (non-hydrogen) atoms. The number of amides is 1. The summed E-state index contributed by atoms with van der Waals surface area (Å²) in [7, 11) is 0. The van der Waals surface area contributed by atoms with Gasteiger partial charge in [-0.2, -0.15) is 0 Å². The average molecular weight is 280 g/mol. The molecule has 0 aromatic rings. The van der Waals surface area contributed by atoms with Gasteiger partial charge in [0.05, 0.1) is 0 Å². The van der Waals surface area contributed by atoms with Crippen molar-refractivity contribution < 1.29 is 4.79 Å². The zero-order valence-corrected chi connectivity index (χ0v) is 13.7. The standard InChI is InChI=1S/C17H32N2O/c1-4-15(3)14-18-10-6-17(7-11-18)8-12-19(13-9-17)16(20)5-2/h15H,4-14H2,1-3H3. The van der Waals surface area contributed by atoms with Gasteiger partial charge in [0.25, 0.3) is 0 Å². The fraction of sp³-hybridized carbons (Fsp3) is 0.941. The molecular formula is C17H32N2O. The summed E-state index contributed by atoms with van der Waals surface area (Å²) >= 11 is 0. The number of hydrogen-bond donors (Lipinski definition) is 0. The van der Waals surface area contributed by atoms with Gasteiger partial charge in [-0.1, -0.05) is 27.2 Å². The van der Waals surface area contributed by atoms with E-state index in [2.05, 4.69) is 23.6 Å². The molecule has 2 aliphatic rings. The summed E-state index contributed by atoms with van der Waals surface area (Å²) in [5, 5.41) is 0. The number of piperidine rings is 2. The Kier molecular flexibility index (Phi) is 5.48. The maximum absolute atomic E-state index is 11.8. The molecule has 1 atom stereocenters. The third-order valence-electron chi connectivity index (χ3n) is 5.66. The molecule has 2 aliphatic heterocycles. The molecule has 0 aromatic carbocycles. The molecule has 0 saturated carbocycles. The summed E-state index contributed by atoms with van der Waals surface area (Å²) in [5.74, 6) is 1.17. The second kappa shape index (κ2) is 6.93. The molecule has 1 unspecified atom stereocenters. The van der Waals surface area contributed by atoms with Crippen LogP contribution >= 0.6 is 0 Å². The number of likely N-dealkylation sites (tertiary alicyclic amines) is 2. The van der Waals surface area contributed by atoms with Crippen molar-refractivity contribution in [3.63, 3.8) is 0 Å². The number of carbonyl (C=O) groups excluding carboxylic acids is 1. The Morgan fingerprint density at radius 2 is 1.60 bits per heavy atom. The Hall–Kier alpha value is -0.570. The first-order valence-corrected chi connectivity index (χ1v) is 8.58. The lowest BCUT2D eigenvalue weighted by molar-refractivity contribution is -0.133. The second-order valence-corrected chi connectivity index (χ2v) is 7.05. The first-order valence-electron chi connectivity index (χ1n) is 8.58. The molecule has 1 amide bonds. The summed E-state index contributed by atoms with van der Waals surface area (Å²) < 4.78 is 0. The van der Waals surface area contributed by atoms with E-state index >= 15 is 0 Å². The highest BCUT2D eigenvalue weighted by atomic mass is 16.2. The molecule has 0 aromatic heterocycles. The molecule has 3 nitrogen and oxygen atoms in total. The van der Waals surface area contributed by atoms with Crippen LogP contribution in [0.3, 0.4) is 0 Å². The smallest absolute Gasteiger partial charge is 0.222 e. The number of rotatable bonds is 4. The lowest BCUT2D eigenvalue weighted by Crippen LogP contribution is -2.48. The van der Waals surface area contributed by atoms with Crippen LogP contribution in [0.1, 0.15) is 59.3 Å². The van der Waals surface area contributed by atoms with Crippen molar-refractivity contribution in [3.05, 3.63) is 0 Å². The van der Waals surface area contributed by atoms with Crippen molar-refractivity contribution in [1.82, 2.24) is 9.80 Å². The van der Waals surface area contributed by atoms with Gasteiger partial charge >= 0.3 is 0 Å². The van der Waals surface area contributed by atoms with Gasteiger partial charge in [0.1, 0.15) is 0 Å². The molecule has 0 radical (unpaired) electrons. The van der Waals surface area contributed by atoms with Crippen LogP contribution in [0, 0.1) is 11.3 Å². The highest BCUT2D eigenvalue weighted by Crippen LogP contribution is 2.41. The average Bonchev–Trinajstić information content (AvgIpc) is 2.49. The number of nitrogens with zero attached hydrogens (tertiary/aromatic N) is 2. The summed E-state index contributed by atoms with van der Waals surface area (Å²) in [4.78, 5) is 16.5. The van der Waals surface area contributed by atoms with Gasteiger partial charge in [-0.3, -0.25) is 4.79 Å². The summed E-state index contributed by atoms with van der Waals surface area (Å²) in [6.07, 6.45) is 7.10. The van der Waals surface area contributed by atoms with E-state index in [1.165, 1.54) is 51.7 Å². The third-order valence-corrected chi connectivity index (χ3v) is 5.66. The molecule has 2 rings (SSSR count).